The molecular formula is C10H13N3O5. The van der Waals surface area contributed by atoms with Crippen molar-refractivity contribution in [3.63, 3.8) is 0 Å². The minimum absolute atomic E-state index is 0.129. The van der Waals surface area contributed by atoms with Crippen molar-refractivity contribution in [3.05, 3.63) is 28.3 Å². The zero-order valence-electron chi connectivity index (χ0n) is 9.86. The highest BCUT2D eigenvalue weighted by Gasteiger charge is 2.17. The summed E-state index contributed by atoms with van der Waals surface area (Å²) in [6, 6.07) is 4.11. The lowest BCUT2D eigenvalue weighted by Gasteiger charge is -2.13. The van der Waals surface area contributed by atoms with Gasteiger partial charge in [-0.25, -0.2) is 0 Å². The Morgan fingerprint density at radius 2 is 2.28 bits per heavy atom. The smallest absolute Gasteiger partial charge is 0.314 e. The molecule has 8 heteroatoms. The topological polar surface area (TPSA) is 120 Å². The molecule has 98 valence electrons. The molecule has 18 heavy (non-hydrogen) atoms. The number of nitro benzene ring substituents is 1. The van der Waals surface area contributed by atoms with Crippen LogP contribution in [0.2, 0.25) is 0 Å². The number of methoxy groups -OCH3 is 1. The first-order valence-corrected chi connectivity index (χ1v) is 4.96. The normalized spacial score (nSPS) is 12.9. The molecule has 1 aromatic carbocycles. The molecule has 0 aromatic heterocycles. The number of hydrogen-bond donors (Lipinski definition) is 2. The molecule has 0 radical (unpaired) electrons. The quantitative estimate of drug-likeness (QED) is 0.267. The van der Waals surface area contributed by atoms with Gasteiger partial charge in [0.15, 0.2) is 17.7 Å². The van der Waals surface area contributed by atoms with Gasteiger partial charge in [-0.1, -0.05) is 5.16 Å². The van der Waals surface area contributed by atoms with Crippen LogP contribution in [0, 0.1) is 10.1 Å². The molecule has 8 nitrogen and oxygen atoms in total. The molecular weight excluding hydrogens is 242 g/mol. The SMILES string of the molecule is COc1ccc(OC(C)/C(N)=N/O)cc1[N+](=O)[O-]. The second-order valence-corrected chi connectivity index (χ2v) is 3.38. The standard InChI is InChI=1S/C10H13N3O5/c1-6(10(11)12-14)18-7-3-4-9(17-2)8(5-7)13(15)16/h3-6,14H,1-2H3,(H2,11,12). The number of benzene rings is 1. The number of rotatable bonds is 5. The molecule has 0 spiro atoms. The van der Waals surface area contributed by atoms with Gasteiger partial charge >= 0.3 is 5.69 Å². The third kappa shape index (κ3) is 3.00. The molecule has 0 saturated heterocycles. The van der Waals surface area contributed by atoms with Crippen LogP contribution in [-0.4, -0.2) is 29.2 Å². The minimum atomic E-state index is -0.706. The fourth-order valence-corrected chi connectivity index (χ4v) is 1.23. The van der Waals surface area contributed by atoms with Gasteiger partial charge in [0, 0.05) is 0 Å². The van der Waals surface area contributed by atoms with E-state index in [1.54, 1.807) is 6.92 Å². The van der Waals surface area contributed by atoms with Crippen LogP contribution in [0.15, 0.2) is 23.4 Å². The first-order valence-electron chi connectivity index (χ1n) is 4.96. The van der Waals surface area contributed by atoms with E-state index < -0.39 is 11.0 Å². The molecule has 1 atom stereocenters. The highest BCUT2D eigenvalue weighted by Crippen LogP contribution is 2.31. The molecule has 0 amide bonds. The zero-order valence-corrected chi connectivity index (χ0v) is 9.86. The van der Waals surface area contributed by atoms with E-state index in [1.165, 1.54) is 25.3 Å². The molecule has 0 heterocycles. The van der Waals surface area contributed by atoms with Crippen LogP contribution in [0.1, 0.15) is 6.92 Å². The Kier molecular flexibility index (Phi) is 4.30. The van der Waals surface area contributed by atoms with Crippen LogP contribution in [0.3, 0.4) is 0 Å². The lowest BCUT2D eigenvalue weighted by molar-refractivity contribution is -0.385. The summed E-state index contributed by atoms with van der Waals surface area (Å²) in [6.45, 7) is 1.55. The van der Waals surface area contributed by atoms with Gasteiger partial charge in [-0.05, 0) is 19.1 Å². The summed E-state index contributed by atoms with van der Waals surface area (Å²) in [4.78, 5) is 10.2. The molecule has 3 N–H and O–H groups in total. The van der Waals surface area contributed by atoms with Gasteiger partial charge in [0.2, 0.25) is 0 Å². The predicted octanol–water partition coefficient (Wildman–Crippen LogP) is 1.12. The van der Waals surface area contributed by atoms with Gasteiger partial charge in [0.05, 0.1) is 18.1 Å². The van der Waals surface area contributed by atoms with E-state index in [0.717, 1.165) is 0 Å². The maximum atomic E-state index is 10.8. The molecule has 0 aliphatic heterocycles. The van der Waals surface area contributed by atoms with Crippen LogP contribution < -0.4 is 15.2 Å². The van der Waals surface area contributed by atoms with E-state index in [4.69, 9.17) is 20.4 Å². The van der Waals surface area contributed by atoms with Gasteiger partial charge in [0.1, 0.15) is 5.75 Å². The Morgan fingerprint density at radius 3 is 2.78 bits per heavy atom. The molecule has 0 bridgehead atoms. The fraction of sp³-hybridized carbons (Fsp3) is 0.300. The average Bonchev–Trinajstić information content (AvgIpc) is 2.37. The number of ether oxygens (including phenoxy) is 2. The number of amidine groups is 1. The fourth-order valence-electron chi connectivity index (χ4n) is 1.23. The third-order valence-corrected chi connectivity index (χ3v) is 2.19. The summed E-state index contributed by atoms with van der Waals surface area (Å²) in [5, 5.41) is 22.0. The number of hydrogen-bond acceptors (Lipinski definition) is 6. The lowest BCUT2D eigenvalue weighted by Crippen LogP contribution is -2.31. The summed E-state index contributed by atoms with van der Waals surface area (Å²) < 4.78 is 10.1. The summed E-state index contributed by atoms with van der Waals surface area (Å²) in [7, 11) is 1.34. The first kappa shape index (κ1) is 13.6. The van der Waals surface area contributed by atoms with E-state index in [9.17, 15) is 10.1 Å². The molecule has 1 aromatic rings. The second-order valence-electron chi connectivity index (χ2n) is 3.38. The van der Waals surface area contributed by atoms with Crippen LogP contribution in [0.5, 0.6) is 11.5 Å². The van der Waals surface area contributed by atoms with Crippen LogP contribution in [-0.2, 0) is 0 Å². The molecule has 1 rings (SSSR count). The van der Waals surface area contributed by atoms with Crippen LogP contribution >= 0.6 is 0 Å². The van der Waals surface area contributed by atoms with Crippen molar-refractivity contribution in [2.45, 2.75) is 13.0 Å². The van der Waals surface area contributed by atoms with Crippen LogP contribution in [0.4, 0.5) is 5.69 Å². The molecule has 1 unspecified atom stereocenters. The van der Waals surface area contributed by atoms with Gasteiger partial charge in [-0.15, -0.1) is 0 Å². The third-order valence-electron chi connectivity index (χ3n) is 2.19. The number of nitrogens with two attached hydrogens (primary N) is 1. The first-order chi connectivity index (χ1) is 8.49. The van der Waals surface area contributed by atoms with Crippen molar-refractivity contribution in [3.8, 4) is 11.5 Å². The van der Waals surface area contributed by atoms with Crippen molar-refractivity contribution in [1.29, 1.82) is 0 Å². The number of nitro groups is 1. The largest absolute Gasteiger partial charge is 0.490 e. The molecule has 0 fully saturated rings. The summed E-state index contributed by atoms with van der Waals surface area (Å²) in [6.07, 6.45) is -0.706. The van der Waals surface area contributed by atoms with Crippen molar-refractivity contribution < 1.29 is 19.6 Å². The average molecular weight is 255 g/mol. The predicted molar refractivity (Wildman–Crippen MR) is 63.1 cm³/mol. The highest BCUT2D eigenvalue weighted by atomic mass is 16.6. The van der Waals surface area contributed by atoms with Crippen molar-refractivity contribution in [1.82, 2.24) is 0 Å². The summed E-state index contributed by atoms with van der Waals surface area (Å²) in [5.41, 5.74) is 5.11. The van der Waals surface area contributed by atoms with E-state index in [-0.39, 0.29) is 23.0 Å². The maximum Gasteiger partial charge on any atom is 0.314 e. The number of nitrogens with zero attached hydrogens (tertiary/aromatic N) is 2. The minimum Gasteiger partial charge on any atom is -0.490 e. The van der Waals surface area contributed by atoms with E-state index in [2.05, 4.69) is 5.16 Å². The van der Waals surface area contributed by atoms with E-state index in [1.807, 2.05) is 0 Å². The Morgan fingerprint density at radius 1 is 1.61 bits per heavy atom. The Bertz CT molecular complexity index is 475. The highest BCUT2D eigenvalue weighted by molar-refractivity contribution is 5.84. The second kappa shape index (κ2) is 5.71. The maximum absolute atomic E-state index is 10.8. The van der Waals surface area contributed by atoms with Gasteiger partial charge in [0.25, 0.3) is 0 Å². The van der Waals surface area contributed by atoms with Crippen molar-refractivity contribution in [2.75, 3.05) is 7.11 Å². The van der Waals surface area contributed by atoms with Crippen molar-refractivity contribution in [2.24, 2.45) is 10.9 Å². The molecule has 0 saturated carbocycles. The van der Waals surface area contributed by atoms with Gasteiger partial charge in [-0.3, -0.25) is 10.1 Å². The van der Waals surface area contributed by atoms with E-state index in [0.29, 0.717) is 0 Å². The Labute approximate surface area is 103 Å². The van der Waals surface area contributed by atoms with Gasteiger partial charge < -0.3 is 20.4 Å². The molecule has 0 aliphatic carbocycles. The lowest BCUT2D eigenvalue weighted by atomic mass is 10.2. The Hall–Kier alpha value is -2.51. The van der Waals surface area contributed by atoms with Crippen molar-refractivity contribution >= 4 is 11.5 Å². The van der Waals surface area contributed by atoms with Gasteiger partial charge in [-0.2, -0.15) is 0 Å². The van der Waals surface area contributed by atoms with Crippen LogP contribution in [0.25, 0.3) is 0 Å². The monoisotopic (exact) mass is 255 g/mol. The van der Waals surface area contributed by atoms with E-state index >= 15 is 0 Å². The summed E-state index contributed by atoms with van der Waals surface area (Å²) in [5.74, 6) is 0.221. The summed E-state index contributed by atoms with van der Waals surface area (Å²) >= 11 is 0. The zero-order chi connectivity index (χ0) is 13.7. The Balaban J connectivity index is 2.98. The molecule has 0 aliphatic rings. The number of oxime groups is 1.